The lowest BCUT2D eigenvalue weighted by Crippen LogP contribution is -2.42. The fraction of sp³-hybridized carbons (Fsp3) is 0.333. The summed E-state index contributed by atoms with van der Waals surface area (Å²) < 4.78 is 10.8. The average molecular weight is 465 g/mol. The zero-order valence-electron chi connectivity index (χ0n) is 19.6. The number of hydrogen-bond donors (Lipinski definition) is 3. The first-order valence-corrected chi connectivity index (χ1v) is 11.5. The van der Waals surface area contributed by atoms with E-state index >= 15 is 0 Å². The van der Waals surface area contributed by atoms with Gasteiger partial charge in [-0.3, -0.25) is 14.8 Å². The summed E-state index contributed by atoms with van der Waals surface area (Å²) >= 11 is 0. The number of hydrogen-bond acceptors (Lipinski definition) is 5. The zero-order valence-corrected chi connectivity index (χ0v) is 19.6. The van der Waals surface area contributed by atoms with Crippen LogP contribution in [0.15, 0.2) is 66.7 Å². The normalized spacial score (nSPS) is 12.8. The minimum absolute atomic E-state index is 0.0909. The highest BCUT2D eigenvalue weighted by molar-refractivity contribution is 5.94. The molecular formula is C27H32N2O5. The molecule has 0 saturated carbocycles. The van der Waals surface area contributed by atoms with E-state index in [0.29, 0.717) is 18.6 Å². The molecule has 0 saturated heterocycles. The predicted octanol–water partition coefficient (Wildman–Crippen LogP) is 4.01. The Morgan fingerprint density at radius 2 is 1.71 bits per heavy atom. The number of aryl methyl sites for hydroxylation is 1. The molecule has 0 spiro atoms. The van der Waals surface area contributed by atoms with Gasteiger partial charge in [-0.05, 0) is 55.2 Å². The summed E-state index contributed by atoms with van der Waals surface area (Å²) in [6.07, 6.45) is 0.676. The van der Waals surface area contributed by atoms with E-state index in [2.05, 4.69) is 5.32 Å². The largest absolute Gasteiger partial charge is 0.356 e. The van der Waals surface area contributed by atoms with Gasteiger partial charge < -0.3 is 14.8 Å². The second kappa shape index (κ2) is 12.8. The molecule has 3 aromatic carbocycles. The molecule has 180 valence electrons. The molecule has 2 atom stereocenters. The number of amides is 2. The highest BCUT2D eigenvalue weighted by atomic mass is 16.7. The van der Waals surface area contributed by atoms with Crippen molar-refractivity contribution in [2.75, 3.05) is 20.0 Å². The van der Waals surface area contributed by atoms with Crippen molar-refractivity contribution < 1.29 is 24.3 Å². The first kappa shape index (κ1) is 25.4. The summed E-state index contributed by atoms with van der Waals surface area (Å²) in [5.74, 6) is -1.35. The number of nitrogens with one attached hydrogen (secondary N) is 2. The van der Waals surface area contributed by atoms with Crippen molar-refractivity contribution in [3.8, 4) is 0 Å². The summed E-state index contributed by atoms with van der Waals surface area (Å²) in [5.41, 5.74) is 4.36. The first-order chi connectivity index (χ1) is 16.5. The molecule has 0 bridgehead atoms. The molecule has 3 rings (SSSR count). The molecule has 0 fully saturated rings. The molecule has 0 aliphatic heterocycles. The number of carbonyl (C=O) groups is 2. The Morgan fingerprint density at radius 3 is 2.44 bits per heavy atom. The maximum Gasteiger partial charge on any atom is 0.251 e. The third kappa shape index (κ3) is 7.12. The van der Waals surface area contributed by atoms with Gasteiger partial charge in [-0.1, -0.05) is 60.2 Å². The van der Waals surface area contributed by atoms with E-state index in [4.69, 9.17) is 9.47 Å². The number of benzene rings is 3. The van der Waals surface area contributed by atoms with E-state index in [1.165, 1.54) is 0 Å². The first-order valence-electron chi connectivity index (χ1n) is 11.5. The van der Waals surface area contributed by atoms with Gasteiger partial charge in [-0.2, -0.15) is 0 Å². The minimum atomic E-state index is -0.588. The van der Waals surface area contributed by atoms with E-state index < -0.39 is 17.9 Å². The predicted molar refractivity (Wildman–Crippen MR) is 131 cm³/mol. The second-order valence-corrected chi connectivity index (χ2v) is 8.27. The summed E-state index contributed by atoms with van der Waals surface area (Å²) in [7, 11) is 0. The smallest absolute Gasteiger partial charge is 0.251 e. The molecule has 0 aromatic heterocycles. The van der Waals surface area contributed by atoms with Crippen LogP contribution in [0.2, 0.25) is 0 Å². The molecule has 7 nitrogen and oxygen atoms in total. The van der Waals surface area contributed by atoms with Crippen LogP contribution < -0.4 is 10.8 Å². The Hall–Kier alpha value is -3.26. The van der Waals surface area contributed by atoms with Crippen molar-refractivity contribution in [1.82, 2.24) is 10.8 Å². The molecule has 3 N–H and O–H groups in total. The Kier molecular flexibility index (Phi) is 9.58. The van der Waals surface area contributed by atoms with Gasteiger partial charge in [0.2, 0.25) is 5.91 Å². The van der Waals surface area contributed by atoms with Gasteiger partial charge in [0.25, 0.3) is 5.91 Å². The molecule has 34 heavy (non-hydrogen) atoms. The molecule has 0 aliphatic rings. The van der Waals surface area contributed by atoms with Crippen molar-refractivity contribution in [2.24, 2.45) is 5.92 Å². The van der Waals surface area contributed by atoms with Crippen molar-refractivity contribution >= 4 is 22.6 Å². The molecular weight excluding hydrogens is 432 g/mol. The van der Waals surface area contributed by atoms with Crippen LogP contribution in [0.5, 0.6) is 0 Å². The maximum absolute atomic E-state index is 12.9. The number of fused-ring (bicyclic) bond motifs is 1. The van der Waals surface area contributed by atoms with Crippen LogP contribution >= 0.6 is 0 Å². The maximum atomic E-state index is 12.9. The lowest BCUT2D eigenvalue weighted by atomic mass is 9.89. The van der Waals surface area contributed by atoms with Gasteiger partial charge in [0, 0.05) is 18.1 Å². The fourth-order valence-corrected chi connectivity index (χ4v) is 3.93. The van der Waals surface area contributed by atoms with E-state index in [1.807, 2.05) is 68.4 Å². The van der Waals surface area contributed by atoms with Gasteiger partial charge in [0.1, 0.15) is 6.79 Å². The average Bonchev–Trinajstić information content (AvgIpc) is 2.86. The highest BCUT2D eigenvalue weighted by Crippen LogP contribution is 2.23. The summed E-state index contributed by atoms with van der Waals surface area (Å²) in [4.78, 5) is 25.5. The van der Waals surface area contributed by atoms with Gasteiger partial charge in [0.05, 0.1) is 12.6 Å². The second-order valence-electron chi connectivity index (χ2n) is 8.27. The van der Waals surface area contributed by atoms with E-state index in [0.717, 1.165) is 21.9 Å². The Bertz CT molecular complexity index is 1080. The lowest BCUT2D eigenvalue weighted by molar-refractivity contribution is -0.134. The van der Waals surface area contributed by atoms with Crippen LogP contribution in [0.1, 0.15) is 34.8 Å². The number of rotatable bonds is 12. The summed E-state index contributed by atoms with van der Waals surface area (Å²) in [6, 6.07) is 20.7. The molecule has 2 amide bonds. The van der Waals surface area contributed by atoms with Gasteiger partial charge in [-0.15, -0.1) is 0 Å². The Labute approximate surface area is 200 Å². The summed E-state index contributed by atoms with van der Waals surface area (Å²) in [5, 5.41) is 14.5. The van der Waals surface area contributed by atoms with Crippen molar-refractivity contribution in [3.63, 3.8) is 0 Å². The van der Waals surface area contributed by atoms with Crippen LogP contribution in [-0.4, -0.2) is 43.1 Å². The lowest BCUT2D eigenvalue weighted by Gasteiger charge is -2.24. The van der Waals surface area contributed by atoms with Crippen LogP contribution in [0.25, 0.3) is 10.8 Å². The zero-order chi connectivity index (χ0) is 24.3. The molecule has 7 heteroatoms. The van der Waals surface area contributed by atoms with E-state index in [1.54, 1.807) is 17.6 Å². The number of carbonyl (C=O) groups excluding carboxylic acids is 2. The van der Waals surface area contributed by atoms with Gasteiger partial charge in [0.15, 0.2) is 0 Å². The highest BCUT2D eigenvalue weighted by Gasteiger charge is 2.26. The third-order valence-electron chi connectivity index (χ3n) is 5.74. The molecule has 0 unspecified atom stereocenters. The van der Waals surface area contributed by atoms with E-state index in [9.17, 15) is 14.8 Å². The molecule has 0 aliphatic carbocycles. The van der Waals surface area contributed by atoms with Crippen LogP contribution in [0.3, 0.4) is 0 Å². The van der Waals surface area contributed by atoms with Gasteiger partial charge >= 0.3 is 0 Å². The molecule has 3 aromatic rings. The quantitative estimate of drug-likeness (QED) is 0.163. The number of hydroxylamine groups is 1. The summed E-state index contributed by atoms with van der Waals surface area (Å²) in [6.45, 7) is 4.59. The Morgan fingerprint density at radius 1 is 0.971 bits per heavy atom. The van der Waals surface area contributed by atoms with Crippen molar-refractivity contribution in [1.29, 1.82) is 0 Å². The topological polar surface area (TPSA) is 96.9 Å². The SMILES string of the molecule is CCOCOC[C@H](C[C@H](Cc1cccc2ccccc12)C(=O)NO)NC(=O)c1ccc(C)cc1. The fourth-order valence-electron chi connectivity index (χ4n) is 3.93. The van der Waals surface area contributed by atoms with E-state index in [-0.39, 0.29) is 25.7 Å². The molecule has 0 radical (unpaired) electrons. The standard InChI is InChI=1S/C27H32N2O5/c1-3-33-18-34-17-24(28-26(30)21-13-11-19(2)12-14-21)16-23(27(31)29-32)15-22-9-6-8-20-7-4-5-10-25(20)22/h4-14,23-24,32H,3,15-18H2,1-2H3,(H,28,30)(H,29,31)/t23-,24-/m0/s1. The monoisotopic (exact) mass is 464 g/mol. The number of ether oxygens (including phenoxy) is 2. The van der Waals surface area contributed by atoms with Gasteiger partial charge in [-0.25, -0.2) is 5.48 Å². The third-order valence-corrected chi connectivity index (χ3v) is 5.74. The van der Waals surface area contributed by atoms with Crippen LogP contribution in [-0.2, 0) is 20.7 Å². The van der Waals surface area contributed by atoms with Crippen LogP contribution in [0, 0.1) is 12.8 Å². The van der Waals surface area contributed by atoms with Crippen LogP contribution in [0.4, 0.5) is 0 Å². The van der Waals surface area contributed by atoms with Crippen molar-refractivity contribution in [2.45, 2.75) is 32.7 Å². The Balaban J connectivity index is 1.79. The van der Waals surface area contributed by atoms with Crippen molar-refractivity contribution in [3.05, 3.63) is 83.4 Å². The molecule has 0 heterocycles. The minimum Gasteiger partial charge on any atom is -0.356 e.